The summed E-state index contributed by atoms with van der Waals surface area (Å²) in [6.07, 6.45) is 4.84. The molecule has 7 heteroatoms. The predicted octanol–water partition coefficient (Wildman–Crippen LogP) is 3.43. The van der Waals surface area contributed by atoms with Crippen molar-refractivity contribution in [3.63, 3.8) is 0 Å². The third-order valence-electron chi connectivity index (χ3n) is 5.01. The Labute approximate surface area is 189 Å². The standard InChI is InChI=1S/C22H26N6.HI/c1-23-22(26-19-11-14-27(17-19)20-8-3-2-4-9-20)24-16-18-7-5-10-21(15-18)28-13-6-12-25-28;/h2-10,12-13,15,19H,11,14,16-17H2,1H3,(H2,23,24,26);1H. The largest absolute Gasteiger partial charge is 0.369 e. The molecule has 1 aliphatic heterocycles. The minimum absolute atomic E-state index is 0. The van der Waals surface area contributed by atoms with Crippen LogP contribution < -0.4 is 15.5 Å². The number of halogens is 1. The molecule has 0 saturated carbocycles. The van der Waals surface area contributed by atoms with Gasteiger partial charge in [0.2, 0.25) is 0 Å². The lowest BCUT2D eigenvalue weighted by molar-refractivity contribution is 0.648. The van der Waals surface area contributed by atoms with E-state index >= 15 is 0 Å². The van der Waals surface area contributed by atoms with Crippen LogP contribution in [0.5, 0.6) is 0 Å². The molecule has 29 heavy (non-hydrogen) atoms. The third-order valence-corrected chi connectivity index (χ3v) is 5.01. The molecule has 1 aliphatic rings. The second-order valence-corrected chi connectivity index (χ2v) is 6.96. The normalized spacial score (nSPS) is 16.4. The summed E-state index contributed by atoms with van der Waals surface area (Å²) in [6.45, 7) is 2.76. The molecule has 0 aliphatic carbocycles. The van der Waals surface area contributed by atoms with Gasteiger partial charge < -0.3 is 15.5 Å². The van der Waals surface area contributed by atoms with Crippen molar-refractivity contribution in [2.45, 2.75) is 19.0 Å². The lowest BCUT2D eigenvalue weighted by atomic mass is 10.2. The summed E-state index contributed by atoms with van der Waals surface area (Å²) in [5.41, 5.74) is 3.53. The zero-order valence-corrected chi connectivity index (χ0v) is 18.9. The number of para-hydroxylation sites is 1. The Morgan fingerprint density at radius 1 is 1.10 bits per heavy atom. The summed E-state index contributed by atoms with van der Waals surface area (Å²) < 4.78 is 1.87. The van der Waals surface area contributed by atoms with E-state index in [1.807, 2.05) is 24.0 Å². The highest BCUT2D eigenvalue weighted by molar-refractivity contribution is 14.0. The van der Waals surface area contributed by atoms with Crippen LogP contribution in [0, 0.1) is 0 Å². The van der Waals surface area contributed by atoms with Gasteiger partial charge in [-0.1, -0.05) is 30.3 Å². The first kappa shape index (κ1) is 21.2. The zero-order valence-electron chi connectivity index (χ0n) is 16.5. The highest BCUT2D eigenvalue weighted by Crippen LogP contribution is 2.19. The molecule has 6 nitrogen and oxygen atoms in total. The van der Waals surface area contributed by atoms with Gasteiger partial charge in [0.05, 0.1) is 5.69 Å². The summed E-state index contributed by atoms with van der Waals surface area (Å²) in [6, 6.07) is 21.3. The SMILES string of the molecule is CN=C(NCc1cccc(-n2cccn2)c1)NC1CCN(c2ccccc2)C1.I. The summed E-state index contributed by atoms with van der Waals surface area (Å²) in [5, 5.41) is 11.3. The van der Waals surface area contributed by atoms with E-state index in [0.717, 1.165) is 31.2 Å². The molecule has 2 aromatic carbocycles. The molecule has 0 radical (unpaired) electrons. The van der Waals surface area contributed by atoms with E-state index < -0.39 is 0 Å². The van der Waals surface area contributed by atoms with Gasteiger partial charge in [0.15, 0.2) is 5.96 Å². The van der Waals surface area contributed by atoms with Gasteiger partial charge in [-0.2, -0.15) is 5.10 Å². The van der Waals surface area contributed by atoms with Crippen LogP contribution in [0.2, 0.25) is 0 Å². The van der Waals surface area contributed by atoms with Crippen molar-refractivity contribution in [2.75, 3.05) is 25.0 Å². The Kier molecular flexibility index (Phi) is 7.51. The zero-order chi connectivity index (χ0) is 19.2. The fourth-order valence-electron chi connectivity index (χ4n) is 3.56. The Bertz CT molecular complexity index is 910. The van der Waals surface area contributed by atoms with Crippen molar-refractivity contribution >= 4 is 35.6 Å². The van der Waals surface area contributed by atoms with Gasteiger partial charge in [-0.05, 0) is 42.3 Å². The average molecular weight is 502 g/mol. The molecular weight excluding hydrogens is 475 g/mol. The molecule has 1 saturated heterocycles. The molecule has 1 atom stereocenters. The quantitative estimate of drug-likeness (QED) is 0.319. The second-order valence-electron chi connectivity index (χ2n) is 6.96. The van der Waals surface area contributed by atoms with Crippen LogP contribution in [0.15, 0.2) is 78.0 Å². The Hall–Kier alpha value is -2.55. The predicted molar refractivity (Wildman–Crippen MR) is 129 cm³/mol. The fourth-order valence-corrected chi connectivity index (χ4v) is 3.56. The van der Waals surface area contributed by atoms with E-state index in [1.54, 1.807) is 6.20 Å². The topological polar surface area (TPSA) is 57.5 Å². The number of hydrogen-bond acceptors (Lipinski definition) is 3. The van der Waals surface area contributed by atoms with E-state index in [2.05, 4.69) is 80.2 Å². The molecule has 0 spiro atoms. The Balaban J connectivity index is 0.00000240. The van der Waals surface area contributed by atoms with Crippen molar-refractivity contribution in [1.29, 1.82) is 0 Å². The number of aliphatic imine (C=N–C) groups is 1. The molecule has 1 aromatic heterocycles. The van der Waals surface area contributed by atoms with Crippen LogP contribution in [-0.2, 0) is 6.54 Å². The van der Waals surface area contributed by atoms with Crippen LogP contribution in [0.1, 0.15) is 12.0 Å². The van der Waals surface area contributed by atoms with E-state index in [9.17, 15) is 0 Å². The summed E-state index contributed by atoms with van der Waals surface area (Å²) in [5.74, 6) is 0.837. The minimum atomic E-state index is 0. The number of guanidine groups is 1. The molecule has 1 unspecified atom stereocenters. The maximum absolute atomic E-state index is 4.40. The minimum Gasteiger partial charge on any atom is -0.369 e. The van der Waals surface area contributed by atoms with Gasteiger partial charge in [-0.25, -0.2) is 4.68 Å². The van der Waals surface area contributed by atoms with Crippen LogP contribution >= 0.6 is 24.0 Å². The fraction of sp³-hybridized carbons (Fsp3) is 0.273. The highest BCUT2D eigenvalue weighted by atomic mass is 127. The lowest BCUT2D eigenvalue weighted by Gasteiger charge is -2.20. The maximum Gasteiger partial charge on any atom is 0.191 e. The van der Waals surface area contributed by atoms with Gasteiger partial charge in [-0.15, -0.1) is 24.0 Å². The van der Waals surface area contributed by atoms with Crippen LogP contribution in [0.3, 0.4) is 0 Å². The summed E-state index contributed by atoms with van der Waals surface area (Å²) in [7, 11) is 1.82. The molecule has 0 bridgehead atoms. The number of benzene rings is 2. The molecule has 4 rings (SSSR count). The average Bonchev–Trinajstić information content (AvgIpc) is 3.44. The third kappa shape index (κ3) is 5.50. The number of hydrogen-bond donors (Lipinski definition) is 2. The number of nitrogens with one attached hydrogen (secondary N) is 2. The number of anilines is 1. The summed E-state index contributed by atoms with van der Waals surface area (Å²) in [4.78, 5) is 6.81. The van der Waals surface area contributed by atoms with Crippen molar-refractivity contribution in [1.82, 2.24) is 20.4 Å². The van der Waals surface area contributed by atoms with Crippen molar-refractivity contribution in [2.24, 2.45) is 4.99 Å². The first-order chi connectivity index (χ1) is 13.8. The number of nitrogens with zero attached hydrogens (tertiary/aromatic N) is 4. The molecule has 152 valence electrons. The molecule has 3 aromatic rings. The van der Waals surface area contributed by atoms with Gasteiger partial charge in [0.1, 0.15) is 0 Å². The maximum atomic E-state index is 4.40. The second kappa shape index (κ2) is 10.3. The highest BCUT2D eigenvalue weighted by Gasteiger charge is 2.23. The van der Waals surface area contributed by atoms with Crippen LogP contribution in [-0.4, -0.2) is 41.9 Å². The first-order valence-electron chi connectivity index (χ1n) is 9.68. The van der Waals surface area contributed by atoms with Crippen molar-refractivity contribution in [3.8, 4) is 5.69 Å². The van der Waals surface area contributed by atoms with Gasteiger partial charge in [0.25, 0.3) is 0 Å². The Morgan fingerprint density at radius 2 is 1.93 bits per heavy atom. The molecule has 2 heterocycles. The van der Waals surface area contributed by atoms with E-state index in [4.69, 9.17) is 0 Å². The van der Waals surface area contributed by atoms with E-state index in [1.165, 1.54) is 11.3 Å². The van der Waals surface area contributed by atoms with E-state index in [-0.39, 0.29) is 24.0 Å². The van der Waals surface area contributed by atoms with Crippen LogP contribution in [0.25, 0.3) is 5.69 Å². The van der Waals surface area contributed by atoms with E-state index in [0.29, 0.717) is 12.6 Å². The van der Waals surface area contributed by atoms with Gasteiger partial charge in [-0.3, -0.25) is 4.99 Å². The Morgan fingerprint density at radius 3 is 2.69 bits per heavy atom. The number of aromatic nitrogens is 2. The van der Waals surface area contributed by atoms with Crippen molar-refractivity contribution < 1.29 is 0 Å². The number of rotatable bonds is 5. The van der Waals surface area contributed by atoms with Crippen molar-refractivity contribution in [3.05, 3.63) is 78.6 Å². The summed E-state index contributed by atoms with van der Waals surface area (Å²) >= 11 is 0. The molecule has 0 amide bonds. The smallest absolute Gasteiger partial charge is 0.191 e. The molecular formula is C22H27IN6. The van der Waals surface area contributed by atoms with Gasteiger partial charge in [0, 0.05) is 50.8 Å². The monoisotopic (exact) mass is 502 g/mol. The lowest BCUT2D eigenvalue weighted by Crippen LogP contribution is -2.44. The molecule has 1 fully saturated rings. The first-order valence-corrected chi connectivity index (χ1v) is 9.68. The molecule has 2 N–H and O–H groups in total. The van der Waals surface area contributed by atoms with Gasteiger partial charge >= 0.3 is 0 Å². The van der Waals surface area contributed by atoms with Crippen LogP contribution in [0.4, 0.5) is 5.69 Å².